The van der Waals surface area contributed by atoms with Gasteiger partial charge in [-0.15, -0.1) is 5.92 Å². The molecule has 206 valence electrons. The molecule has 3 unspecified atom stereocenters. The average molecular weight is 542 g/mol. The van der Waals surface area contributed by atoms with Crippen LogP contribution in [0.2, 0.25) is 0 Å². The molecule has 2 saturated heterocycles. The highest BCUT2D eigenvalue weighted by Gasteiger charge is 2.42. The number of rotatable bonds is 15. The van der Waals surface area contributed by atoms with Crippen LogP contribution in [0.1, 0.15) is 74.2 Å². The van der Waals surface area contributed by atoms with Crippen molar-refractivity contribution in [3.05, 3.63) is 35.4 Å². The van der Waals surface area contributed by atoms with Crippen molar-refractivity contribution >= 4 is 35.5 Å². The van der Waals surface area contributed by atoms with Gasteiger partial charge in [0.1, 0.15) is 0 Å². The number of carbonyl (C=O) groups excluding carboxylic acids is 4. The van der Waals surface area contributed by atoms with Crippen molar-refractivity contribution in [3.63, 3.8) is 0 Å². The summed E-state index contributed by atoms with van der Waals surface area (Å²) in [5.74, 6) is 6.38. The van der Waals surface area contributed by atoms with Crippen molar-refractivity contribution < 1.29 is 19.2 Å². The second-order valence-electron chi connectivity index (χ2n) is 9.61. The lowest BCUT2D eigenvalue weighted by molar-refractivity contribution is -0.122. The Balaban J connectivity index is 1.15. The molecule has 1 aromatic carbocycles. The molecule has 38 heavy (non-hydrogen) atoms. The number of unbranched alkanes of at least 4 members (excludes halogenated alkanes) is 3. The summed E-state index contributed by atoms with van der Waals surface area (Å²) in [6, 6.07) is 7.55. The molecule has 0 bridgehead atoms. The third-order valence-electron chi connectivity index (χ3n) is 6.70. The first-order valence-corrected chi connectivity index (χ1v) is 14.5. The molecule has 5 amide bonds. The molecule has 1 aromatic rings. The van der Waals surface area contributed by atoms with E-state index < -0.39 is 0 Å². The van der Waals surface area contributed by atoms with E-state index in [-0.39, 0.29) is 35.8 Å². The van der Waals surface area contributed by atoms with Gasteiger partial charge in [0.25, 0.3) is 5.91 Å². The average Bonchev–Trinajstić information content (AvgIpc) is 3.47. The second kappa shape index (κ2) is 15.9. The minimum Gasteiger partial charge on any atom is -0.356 e. The van der Waals surface area contributed by atoms with Crippen LogP contribution in [0, 0.1) is 11.8 Å². The molecule has 0 radical (unpaired) electrons. The SMILES string of the molecule is CC#CCNC(=O)c1ccc(CNC(=O)CCCCCNC(=O)CCCCC2SCC3NC(=O)NC32)cc1. The van der Waals surface area contributed by atoms with Gasteiger partial charge >= 0.3 is 6.03 Å². The van der Waals surface area contributed by atoms with E-state index in [1.165, 1.54) is 0 Å². The van der Waals surface area contributed by atoms with Gasteiger partial charge in [-0.2, -0.15) is 11.8 Å². The molecular weight excluding hydrogens is 502 g/mol. The van der Waals surface area contributed by atoms with Crippen LogP contribution in [0.4, 0.5) is 4.79 Å². The predicted octanol–water partition coefficient (Wildman–Crippen LogP) is 2.46. The zero-order valence-corrected chi connectivity index (χ0v) is 22.9. The van der Waals surface area contributed by atoms with E-state index in [1.54, 1.807) is 19.1 Å². The maximum Gasteiger partial charge on any atom is 0.315 e. The van der Waals surface area contributed by atoms with Gasteiger partial charge in [-0.25, -0.2) is 4.79 Å². The molecule has 0 saturated carbocycles. The smallest absolute Gasteiger partial charge is 0.315 e. The number of carbonyl (C=O) groups is 4. The van der Waals surface area contributed by atoms with E-state index in [0.29, 0.717) is 43.3 Å². The van der Waals surface area contributed by atoms with Gasteiger partial charge in [-0.1, -0.05) is 30.9 Å². The second-order valence-corrected chi connectivity index (χ2v) is 10.9. The Bertz CT molecular complexity index is 1020. The first kappa shape index (κ1) is 29.4. The highest BCUT2D eigenvalue weighted by Crippen LogP contribution is 2.33. The van der Waals surface area contributed by atoms with Crippen LogP contribution < -0.4 is 26.6 Å². The normalized spacial score (nSPS) is 19.4. The summed E-state index contributed by atoms with van der Waals surface area (Å²) in [6.07, 6.45) is 6.32. The lowest BCUT2D eigenvalue weighted by Crippen LogP contribution is -2.36. The minimum atomic E-state index is -0.171. The number of nitrogens with one attached hydrogen (secondary N) is 5. The largest absolute Gasteiger partial charge is 0.356 e. The molecule has 2 fully saturated rings. The van der Waals surface area contributed by atoms with Crippen LogP contribution in [0.3, 0.4) is 0 Å². The fourth-order valence-electron chi connectivity index (χ4n) is 4.56. The fourth-order valence-corrected chi connectivity index (χ4v) is 6.10. The van der Waals surface area contributed by atoms with Crippen molar-refractivity contribution in [2.24, 2.45) is 0 Å². The van der Waals surface area contributed by atoms with Gasteiger partial charge in [0.05, 0.1) is 18.6 Å². The minimum absolute atomic E-state index is 0.00584. The third-order valence-corrected chi connectivity index (χ3v) is 8.21. The van der Waals surface area contributed by atoms with Crippen molar-refractivity contribution in [2.75, 3.05) is 18.8 Å². The lowest BCUT2D eigenvalue weighted by Gasteiger charge is -2.16. The Kier molecular flexibility index (Phi) is 12.3. The van der Waals surface area contributed by atoms with E-state index in [4.69, 9.17) is 0 Å². The Morgan fingerprint density at radius 1 is 0.947 bits per heavy atom. The molecule has 0 aliphatic carbocycles. The number of thioether (sulfide) groups is 1. The number of hydrogen-bond acceptors (Lipinski definition) is 5. The van der Waals surface area contributed by atoms with E-state index in [2.05, 4.69) is 38.4 Å². The van der Waals surface area contributed by atoms with Crippen molar-refractivity contribution in [1.82, 2.24) is 26.6 Å². The molecule has 0 aromatic heterocycles. The van der Waals surface area contributed by atoms with Crippen molar-refractivity contribution in [3.8, 4) is 11.8 Å². The molecule has 3 atom stereocenters. The molecule has 3 rings (SSSR count). The number of urea groups is 1. The molecule has 2 aliphatic heterocycles. The topological polar surface area (TPSA) is 128 Å². The molecule has 0 spiro atoms. The molecule has 5 N–H and O–H groups in total. The van der Waals surface area contributed by atoms with Gasteiger partial charge in [0.15, 0.2) is 0 Å². The van der Waals surface area contributed by atoms with Gasteiger partial charge in [0.2, 0.25) is 11.8 Å². The quantitative estimate of drug-likeness (QED) is 0.132. The van der Waals surface area contributed by atoms with Crippen molar-refractivity contribution in [1.29, 1.82) is 0 Å². The summed E-state index contributed by atoms with van der Waals surface area (Å²) in [5.41, 5.74) is 1.49. The van der Waals surface area contributed by atoms with Gasteiger partial charge < -0.3 is 26.6 Å². The number of amides is 5. The molecule has 2 aliphatic rings. The van der Waals surface area contributed by atoms with Gasteiger partial charge in [-0.05, 0) is 50.3 Å². The van der Waals surface area contributed by atoms with E-state index >= 15 is 0 Å². The van der Waals surface area contributed by atoms with Crippen LogP contribution in [0.5, 0.6) is 0 Å². The van der Waals surface area contributed by atoms with Crippen LogP contribution in [0.25, 0.3) is 0 Å². The molecular formula is C28H39N5O4S. The highest BCUT2D eigenvalue weighted by atomic mass is 32.2. The van der Waals surface area contributed by atoms with Crippen LogP contribution in [-0.2, 0) is 16.1 Å². The Hall–Kier alpha value is -3.19. The maximum atomic E-state index is 12.1. The highest BCUT2D eigenvalue weighted by molar-refractivity contribution is 8.00. The van der Waals surface area contributed by atoms with E-state index in [0.717, 1.165) is 49.8 Å². The number of hydrogen-bond donors (Lipinski definition) is 5. The Morgan fingerprint density at radius 2 is 1.68 bits per heavy atom. The van der Waals surface area contributed by atoms with Crippen molar-refractivity contribution in [2.45, 2.75) is 82.2 Å². The summed E-state index contributed by atoms with van der Waals surface area (Å²) in [7, 11) is 0. The summed E-state index contributed by atoms with van der Waals surface area (Å²) in [4.78, 5) is 47.6. The Morgan fingerprint density at radius 3 is 2.45 bits per heavy atom. The lowest BCUT2D eigenvalue weighted by atomic mass is 10.0. The predicted molar refractivity (Wildman–Crippen MR) is 150 cm³/mol. The summed E-state index contributed by atoms with van der Waals surface area (Å²) in [6.45, 7) is 3.10. The van der Waals surface area contributed by atoms with E-state index in [1.807, 2.05) is 23.9 Å². The summed E-state index contributed by atoms with van der Waals surface area (Å²) < 4.78 is 0. The maximum absolute atomic E-state index is 12.1. The Labute approximate surface area is 229 Å². The number of fused-ring (bicyclic) bond motifs is 1. The van der Waals surface area contributed by atoms with Gasteiger partial charge in [0, 0.05) is 42.5 Å². The molecule has 10 heteroatoms. The van der Waals surface area contributed by atoms with Crippen LogP contribution >= 0.6 is 11.8 Å². The van der Waals surface area contributed by atoms with Crippen LogP contribution in [-0.4, -0.2) is 59.9 Å². The molecule has 9 nitrogen and oxygen atoms in total. The van der Waals surface area contributed by atoms with Crippen LogP contribution in [0.15, 0.2) is 24.3 Å². The monoisotopic (exact) mass is 541 g/mol. The zero-order valence-electron chi connectivity index (χ0n) is 22.1. The molecule has 2 heterocycles. The zero-order chi connectivity index (χ0) is 27.2. The third kappa shape index (κ3) is 9.93. The first-order chi connectivity index (χ1) is 18.5. The number of benzene rings is 1. The summed E-state index contributed by atoms with van der Waals surface area (Å²) >= 11 is 1.90. The van der Waals surface area contributed by atoms with E-state index in [9.17, 15) is 19.2 Å². The summed E-state index contributed by atoms with van der Waals surface area (Å²) in [5, 5.41) is 15.0. The van der Waals surface area contributed by atoms with Gasteiger partial charge in [-0.3, -0.25) is 14.4 Å². The first-order valence-electron chi connectivity index (χ1n) is 13.4. The fraction of sp³-hybridized carbons (Fsp3) is 0.571. The standard InChI is InChI=1S/C28H39N5O4S/c1-2-3-16-30-27(36)21-14-12-20(13-15-21)18-31-25(35)10-5-4-8-17-29-24(34)11-7-6-9-23-26-22(19-38-23)32-28(37)33-26/h12-15,22-23,26H,4-11,16-19H2,1H3,(H,29,34)(H,30,36)(H,31,35)(H2,32,33,37).